The maximum Gasteiger partial charge on any atom is 0.255 e. The zero-order valence-corrected chi connectivity index (χ0v) is 11.6. The quantitative estimate of drug-likeness (QED) is 0.876. The van der Waals surface area contributed by atoms with Crippen molar-refractivity contribution in [2.45, 2.75) is 6.92 Å². The van der Waals surface area contributed by atoms with E-state index in [-0.39, 0.29) is 5.56 Å². The van der Waals surface area contributed by atoms with Gasteiger partial charge in [0.15, 0.2) is 0 Å². The summed E-state index contributed by atoms with van der Waals surface area (Å²) in [6, 6.07) is 8.03. The predicted octanol–water partition coefficient (Wildman–Crippen LogP) is 4.29. The molecule has 98 valence electrons. The number of hydrogen-bond acceptors (Lipinski definition) is 1. The van der Waals surface area contributed by atoms with E-state index in [1.54, 1.807) is 12.1 Å². The van der Waals surface area contributed by atoms with Gasteiger partial charge < -0.3 is 5.32 Å². The largest absolute Gasteiger partial charge is 0.322 e. The minimum absolute atomic E-state index is 0.0584. The summed E-state index contributed by atoms with van der Waals surface area (Å²) in [5.41, 5.74) is 1.37. The molecule has 0 aliphatic rings. The Morgan fingerprint density at radius 3 is 2.42 bits per heavy atom. The number of nitrogens with one attached hydrogen (secondary N) is 1. The molecule has 2 aromatic rings. The third kappa shape index (κ3) is 3.17. The Kier molecular flexibility index (Phi) is 3.95. The molecule has 5 heteroatoms. The summed E-state index contributed by atoms with van der Waals surface area (Å²) in [5.74, 6) is -2.12. The molecule has 0 bridgehead atoms. The average molecular weight is 326 g/mol. The lowest BCUT2D eigenvalue weighted by Gasteiger charge is -2.09. The molecular weight excluding hydrogens is 316 g/mol. The number of amides is 1. The number of carbonyl (C=O) groups excluding carboxylic acids is 1. The molecule has 0 aromatic heterocycles. The van der Waals surface area contributed by atoms with Crippen LogP contribution in [0.25, 0.3) is 0 Å². The third-order valence-corrected chi connectivity index (χ3v) is 3.50. The van der Waals surface area contributed by atoms with Gasteiger partial charge in [-0.3, -0.25) is 4.79 Å². The van der Waals surface area contributed by atoms with Crippen LogP contribution in [0, 0.1) is 18.6 Å². The van der Waals surface area contributed by atoms with E-state index >= 15 is 0 Å². The molecule has 1 N–H and O–H groups in total. The van der Waals surface area contributed by atoms with Crippen molar-refractivity contribution < 1.29 is 13.6 Å². The molecule has 0 heterocycles. The van der Waals surface area contributed by atoms with Gasteiger partial charge in [0.2, 0.25) is 0 Å². The lowest BCUT2D eigenvalue weighted by Crippen LogP contribution is -2.13. The minimum Gasteiger partial charge on any atom is -0.322 e. The van der Waals surface area contributed by atoms with Gasteiger partial charge in [-0.1, -0.05) is 22.0 Å². The van der Waals surface area contributed by atoms with Gasteiger partial charge in [0.25, 0.3) is 5.91 Å². The molecule has 0 fully saturated rings. The Morgan fingerprint density at radius 2 is 1.79 bits per heavy atom. The van der Waals surface area contributed by atoms with Crippen LogP contribution in [0.2, 0.25) is 0 Å². The highest BCUT2D eigenvalue weighted by Crippen LogP contribution is 2.24. The van der Waals surface area contributed by atoms with Gasteiger partial charge >= 0.3 is 0 Å². The van der Waals surface area contributed by atoms with E-state index in [2.05, 4.69) is 21.2 Å². The fourth-order valence-corrected chi connectivity index (χ4v) is 1.99. The van der Waals surface area contributed by atoms with Crippen molar-refractivity contribution in [1.82, 2.24) is 0 Å². The summed E-state index contributed by atoms with van der Waals surface area (Å²) in [7, 11) is 0. The molecule has 0 unspecified atom stereocenters. The van der Waals surface area contributed by atoms with Crippen LogP contribution >= 0.6 is 15.9 Å². The van der Waals surface area contributed by atoms with Crippen molar-refractivity contribution in [1.29, 1.82) is 0 Å². The van der Waals surface area contributed by atoms with Crippen LogP contribution in [0.4, 0.5) is 14.5 Å². The zero-order valence-electron chi connectivity index (χ0n) is 10.0. The van der Waals surface area contributed by atoms with Crippen molar-refractivity contribution in [3.8, 4) is 0 Å². The number of anilines is 1. The first-order valence-electron chi connectivity index (χ1n) is 5.50. The van der Waals surface area contributed by atoms with Gasteiger partial charge in [0, 0.05) is 21.8 Å². The number of hydrogen-bond donors (Lipinski definition) is 1. The second-order valence-electron chi connectivity index (χ2n) is 4.02. The summed E-state index contributed by atoms with van der Waals surface area (Å²) in [5, 5.41) is 2.62. The highest BCUT2D eigenvalue weighted by Gasteiger charge is 2.11. The Balaban J connectivity index is 2.28. The van der Waals surface area contributed by atoms with Crippen LogP contribution in [-0.2, 0) is 0 Å². The first-order valence-corrected chi connectivity index (χ1v) is 6.29. The van der Waals surface area contributed by atoms with E-state index < -0.39 is 17.5 Å². The minimum atomic E-state index is -0.781. The summed E-state index contributed by atoms with van der Waals surface area (Å²) >= 11 is 3.34. The van der Waals surface area contributed by atoms with E-state index in [0.29, 0.717) is 5.69 Å². The summed E-state index contributed by atoms with van der Waals surface area (Å²) < 4.78 is 26.9. The Labute approximate surface area is 117 Å². The Bertz CT molecular complexity index is 623. The molecule has 0 radical (unpaired) electrons. The Morgan fingerprint density at radius 1 is 1.16 bits per heavy atom. The van der Waals surface area contributed by atoms with Crippen LogP contribution in [0.5, 0.6) is 0 Å². The zero-order chi connectivity index (χ0) is 14.0. The molecule has 0 spiro atoms. The van der Waals surface area contributed by atoms with Crippen LogP contribution in [-0.4, -0.2) is 5.91 Å². The van der Waals surface area contributed by atoms with E-state index in [1.807, 2.05) is 13.0 Å². The second-order valence-corrected chi connectivity index (χ2v) is 4.88. The fourth-order valence-electron chi connectivity index (χ4n) is 1.62. The molecule has 0 aliphatic carbocycles. The summed E-state index contributed by atoms with van der Waals surface area (Å²) in [4.78, 5) is 11.9. The van der Waals surface area contributed by atoms with Crippen LogP contribution in [0.3, 0.4) is 0 Å². The van der Waals surface area contributed by atoms with Gasteiger partial charge in [-0.2, -0.15) is 0 Å². The highest BCUT2D eigenvalue weighted by atomic mass is 79.9. The predicted molar refractivity (Wildman–Crippen MR) is 73.2 cm³/mol. The molecule has 1 amide bonds. The van der Waals surface area contributed by atoms with E-state index in [1.165, 1.54) is 0 Å². The molecule has 2 nitrogen and oxygen atoms in total. The van der Waals surface area contributed by atoms with Gasteiger partial charge in [-0.15, -0.1) is 0 Å². The number of benzene rings is 2. The van der Waals surface area contributed by atoms with Crippen molar-refractivity contribution in [2.24, 2.45) is 0 Å². The van der Waals surface area contributed by atoms with Crippen LogP contribution in [0.1, 0.15) is 15.9 Å². The molecule has 2 rings (SSSR count). The average Bonchev–Trinajstić information content (AvgIpc) is 2.33. The normalized spacial score (nSPS) is 10.3. The number of rotatable bonds is 2. The van der Waals surface area contributed by atoms with E-state index in [9.17, 15) is 13.6 Å². The van der Waals surface area contributed by atoms with Crippen molar-refractivity contribution in [3.05, 3.63) is 63.6 Å². The van der Waals surface area contributed by atoms with Crippen molar-refractivity contribution in [2.75, 3.05) is 5.32 Å². The summed E-state index contributed by atoms with van der Waals surface area (Å²) in [6.07, 6.45) is 0. The van der Waals surface area contributed by atoms with Crippen LogP contribution < -0.4 is 5.32 Å². The molecule has 19 heavy (non-hydrogen) atoms. The molecule has 0 saturated carbocycles. The monoisotopic (exact) mass is 325 g/mol. The molecule has 0 atom stereocenters. The Hall–Kier alpha value is -1.75. The lowest BCUT2D eigenvalue weighted by atomic mass is 10.1. The maximum atomic E-state index is 13.0. The topological polar surface area (TPSA) is 29.1 Å². The van der Waals surface area contributed by atoms with E-state index in [0.717, 1.165) is 28.2 Å². The van der Waals surface area contributed by atoms with Gasteiger partial charge in [0.1, 0.15) is 11.6 Å². The standard InChI is InChI=1S/C14H10BrF2NO/c1-8-12(15)3-2-4-13(8)18-14(19)9-5-10(16)7-11(17)6-9/h2-7H,1H3,(H,18,19). The first-order chi connectivity index (χ1) is 8.97. The maximum absolute atomic E-state index is 13.0. The molecule has 2 aromatic carbocycles. The summed E-state index contributed by atoms with van der Waals surface area (Å²) in [6.45, 7) is 1.83. The fraction of sp³-hybridized carbons (Fsp3) is 0.0714. The number of halogens is 3. The molecular formula is C14H10BrF2NO. The second kappa shape index (κ2) is 5.48. The third-order valence-electron chi connectivity index (χ3n) is 2.64. The van der Waals surface area contributed by atoms with Gasteiger partial charge in [-0.05, 0) is 36.8 Å². The van der Waals surface area contributed by atoms with Gasteiger partial charge in [0.05, 0.1) is 0 Å². The SMILES string of the molecule is Cc1c(Br)cccc1NC(=O)c1cc(F)cc(F)c1. The van der Waals surface area contributed by atoms with E-state index in [4.69, 9.17) is 0 Å². The number of carbonyl (C=O) groups is 1. The van der Waals surface area contributed by atoms with Crippen molar-refractivity contribution in [3.63, 3.8) is 0 Å². The molecule has 0 saturated heterocycles. The smallest absolute Gasteiger partial charge is 0.255 e. The first kappa shape index (κ1) is 13.7. The van der Waals surface area contributed by atoms with Crippen molar-refractivity contribution >= 4 is 27.5 Å². The lowest BCUT2D eigenvalue weighted by molar-refractivity contribution is 0.102. The molecule has 0 aliphatic heterocycles. The van der Waals surface area contributed by atoms with Crippen LogP contribution in [0.15, 0.2) is 40.9 Å². The van der Waals surface area contributed by atoms with Gasteiger partial charge in [-0.25, -0.2) is 8.78 Å². The highest BCUT2D eigenvalue weighted by molar-refractivity contribution is 9.10.